The molecule has 2 aliphatic rings. The van der Waals surface area contributed by atoms with Crippen LogP contribution >= 0.6 is 11.8 Å². The summed E-state index contributed by atoms with van der Waals surface area (Å²) in [6, 6.07) is 9.61. The van der Waals surface area contributed by atoms with E-state index in [2.05, 4.69) is 16.3 Å². The number of alkyl halides is 3. The van der Waals surface area contributed by atoms with Crippen LogP contribution in [-0.2, 0) is 12.6 Å². The summed E-state index contributed by atoms with van der Waals surface area (Å²) in [6.45, 7) is 3.92. The molecule has 4 rings (SSSR count). The molecule has 30 heavy (non-hydrogen) atoms. The van der Waals surface area contributed by atoms with Crippen molar-refractivity contribution >= 4 is 28.4 Å². The lowest BCUT2D eigenvalue weighted by Gasteiger charge is -2.40. The maximum atomic E-state index is 13.0. The molecule has 3 nitrogen and oxygen atoms in total. The zero-order chi connectivity index (χ0) is 21.3. The molecular formula is C23H25F3N2OS. The van der Waals surface area contributed by atoms with E-state index in [9.17, 15) is 18.0 Å². The average molecular weight is 435 g/mol. The smallest absolute Gasteiger partial charge is 0.371 e. The first-order chi connectivity index (χ1) is 14.4. The predicted molar refractivity (Wildman–Crippen MR) is 117 cm³/mol. The molecule has 2 aromatic carbocycles. The fourth-order valence-corrected chi connectivity index (χ4v) is 5.05. The zero-order valence-electron chi connectivity index (χ0n) is 16.9. The Morgan fingerprint density at radius 2 is 1.97 bits per heavy atom. The van der Waals surface area contributed by atoms with Gasteiger partial charge in [-0.3, -0.25) is 4.79 Å². The molecule has 0 spiro atoms. The number of carbonyl (C=O) groups excluding carboxylic acids is 1. The number of thioether (sulfide) groups is 1. The highest BCUT2D eigenvalue weighted by Gasteiger charge is 2.33. The molecule has 2 heterocycles. The Kier molecular flexibility index (Phi) is 6.00. The Morgan fingerprint density at radius 1 is 1.20 bits per heavy atom. The molecule has 0 saturated heterocycles. The maximum absolute atomic E-state index is 13.0. The van der Waals surface area contributed by atoms with E-state index in [0.717, 1.165) is 61.3 Å². The number of halogens is 3. The molecule has 0 saturated carbocycles. The molecule has 2 aliphatic heterocycles. The van der Waals surface area contributed by atoms with E-state index < -0.39 is 11.7 Å². The lowest BCUT2D eigenvalue weighted by Crippen LogP contribution is -2.36. The van der Waals surface area contributed by atoms with Gasteiger partial charge in [0.05, 0.1) is 5.56 Å². The highest BCUT2D eigenvalue weighted by Crippen LogP contribution is 2.45. The molecule has 0 bridgehead atoms. The first-order valence-electron chi connectivity index (χ1n) is 10.4. The molecule has 0 aliphatic carbocycles. The fraction of sp³-hybridized carbons (Fsp3) is 0.435. The second kappa shape index (κ2) is 8.53. The number of nitrogens with zero attached hydrogens (tertiary/aromatic N) is 1. The van der Waals surface area contributed by atoms with Crippen molar-refractivity contribution < 1.29 is 18.0 Å². The largest absolute Gasteiger partial charge is 0.416 e. The lowest BCUT2D eigenvalue weighted by atomic mass is 9.80. The average Bonchev–Trinajstić information content (AvgIpc) is 2.72. The summed E-state index contributed by atoms with van der Waals surface area (Å²) in [6.07, 6.45) is -0.538. The number of benzene rings is 2. The molecule has 1 amide bonds. The van der Waals surface area contributed by atoms with Crippen LogP contribution in [0.25, 0.3) is 0 Å². The number of hydrogen-bond donors (Lipinski definition) is 1. The van der Waals surface area contributed by atoms with Crippen molar-refractivity contribution in [3.8, 4) is 0 Å². The van der Waals surface area contributed by atoms with Crippen molar-refractivity contribution in [3.05, 3.63) is 58.7 Å². The summed E-state index contributed by atoms with van der Waals surface area (Å²) in [4.78, 5) is 14.6. The van der Waals surface area contributed by atoms with Crippen molar-refractivity contribution in [1.29, 1.82) is 0 Å². The van der Waals surface area contributed by atoms with Crippen LogP contribution in [0.2, 0.25) is 0 Å². The van der Waals surface area contributed by atoms with Gasteiger partial charge in [0.15, 0.2) is 0 Å². The van der Waals surface area contributed by atoms with Crippen LogP contribution in [0.3, 0.4) is 0 Å². The molecule has 0 radical (unpaired) electrons. The molecule has 0 aromatic heterocycles. The first-order valence-corrected chi connectivity index (χ1v) is 11.4. The topological polar surface area (TPSA) is 32.3 Å². The van der Waals surface area contributed by atoms with Crippen LogP contribution in [0.1, 0.15) is 54.4 Å². The third-order valence-electron chi connectivity index (χ3n) is 5.80. The second-order valence-electron chi connectivity index (χ2n) is 7.89. The third kappa shape index (κ3) is 4.31. The number of hydrogen-bond acceptors (Lipinski definition) is 3. The van der Waals surface area contributed by atoms with Crippen molar-refractivity contribution in [1.82, 2.24) is 0 Å². The van der Waals surface area contributed by atoms with Crippen molar-refractivity contribution in [2.24, 2.45) is 0 Å². The van der Waals surface area contributed by atoms with E-state index in [1.165, 1.54) is 35.1 Å². The van der Waals surface area contributed by atoms with Gasteiger partial charge in [-0.2, -0.15) is 13.2 Å². The Hall–Kier alpha value is -2.15. The van der Waals surface area contributed by atoms with Crippen molar-refractivity contribution in [2.75, 3.05) is 29.1 Å². The normalized spacial score (nSPS) is 18.1. The Bertz CT molecular complexity index is 927. The minimum absolute atomic E-state index is 0.0236. The van der Waals surface area contributed by atoms with Gasteiger partial charge in [0, 0.05) is 36.1 Å². The van der Waals surface area contributed by atoms with Gasteiger partial charge in [0.25, 0.3) is 5.24 Å². The van der Waals surface area contributed by atoms with E-state index in [-0.39, 0.29) is 11.2 Å². The van der Waals surface area contributed by atoms with Gasteiger partial charge < -0.3 is 10.2 Å². The lowest BCUT2D eigenvalue weighted by molar-refractivity contribution is -0.137. The first kappa shape index (κ1) is 21.1. The summed E-state index contributed by atoms with van der Waals surface area (Å²) in [5.41, 5.74) is 4.56. The minimum Gasteiger partial charge on any atom is -0.371 e. The van der Waals surface area contributed by atoms with Gasteiger partial charge in [-0.1, -0.05) is 30.8 Å². The number of aryl methyl sites for hydroxylation is 1. The Labute approximate surface area is 179 Å². The highest BCUT2D eigenvalue weighted by molar-refractivity contribution is 8.13. The van der Waals surface area contributed by atoms with Crippen molar-refractivity contribution in [3.63, 3.8) is 0 Å². The van der Waals surface area contributed by atoms with Crippen molar-refractivity contribution in [2.45, 2.75) is 44.7 Å². The van der Waals surface area contributed by atoms with E-state index in [1.807, 2.05) is 13.0 Å². The van der Waals surface area contributed by atoms with Gasteiger partial charge >= 0.3 is 6.18 Å². The van der Waals surface area contributed by atoms with E-state index in [0.29, 0.717) is 0 Å². The number of amides is 1. The van der Waals surface area contributed by atoms with Gasteiger partial charge in [0.1, 0.15) is 0 Å². The third-order valence-corrected chi connectivity index (χ3v) is 6.77. The highest BCUT2D eigenvalue weighted by atomic mass is 32.2. The Balaban J connectivity index is 1.69. The van der Waals surface area contributed by atoms with Crippen LogP contribution in [0.15, 0.2) is 36.4 Å². The summed E-state index contributed by atoms with van der Waals surface area (Å²) >= 11 is 1.27. The van der Waals surface area contributed by atoms with Crippen LogP contribution in [-0.4, -0.2) is 24.1 Å². The second-order valence-corrected chi connectivity index (χ2v) is 8.95. The van der Waals surface area contributed by atoms with Gasteiger partial charge in [0.2, 0.25) is 0 Å². The predicted octanol–water partition coefficient (Wildman–Crippen LogP) is 6.67. The van der Waals surface area contributed by atoms with Crippen LogP contribution in [0.5, 0.6) is 0 Å². The zero-order valence-corrected chi connectivity index (χ0v) is 17.7. The summed E-state index contributed by atoms with van der Waals surface area (Å²) in [5, 5.41) is 2.93. The van der Waals surface area contributed by atoms with Crippen LogP contribution < -0.4 is 10.2 Å². The van der Waals surface area contributed by atoms with E-state index in [4.69, 9.17) is 0 Å². The fourth-order valence-electron chi connectivity index (χ4n) is 4.47. The summed E-state index contributed by atoms with van der Waals surface area (Å²) in [7, 11) is 0. The quantitative estimate of drug-likeness (QED) is 0.583. The van der Waals surface area contributed by atoms with Gasteiger partial charge in [-0.05, 0) is 66.6 Å². The Morgan fingerprint density at radius 3 is 2.67 bits per heavy atom. The number of carbonyl (C=O) groups is 1. The molecular weight excluding hydrogens is 409 g/mol. The molecule has 0 fully saturated rings. The van der Waals surface area contributed by atoms with Crippen LogP contribution in [0, 0.1) is 0 Å². The molecule has 1 N–H and O–H groups in total. The SMILES string of the molecule is CCCSC(=O)Nc1cc2c3c(c1)C(c1ccc(C(F)(F)F)cc1)CCN3CCC2. The van der Waals surface area contributed by atoms with Gasteiger partial charge in [-0.25, -0.2) is 0 Å². The molecule has 2 aromatic rings. The number of nitrogens with one attached hydrogen (secondary N) is 1. The minimum atomic E-state index is -4.33. The van der Waals surface area contributed by atoms with E-state index >= 15 is 0 Å². The summed E-state index contributed by atoms with van der Waals surface area (Å²) in [5.74, 6) is 0.793. The van der Waals surface area contributed by atoms with E-state index in [1.54, 1.807) is 12.1 Å². The monoisotopic (exact) mass is 434 g/mol. The van der Waals surface area contributed by atoms with Crippen LogP contribution in [0.4, 0.5) is 29.3 Å². The maximum Gasteiger partial charge on any atom is 0.416 e. The number of anilines is 2. The summed E-state index contributed by atoms with van der Waals surface area (Å²) < 4.78 is 38.9. The number of rotatable bonds is 4. The molecule has 1 unspecified atom stereocenters. The molecule has 7 heteroatoms. The van der Waals surface area contributed by atoms with Gasteiger partial charge in [-0.15, -0.1) is 0 Å². The molecule has 160 valence electrons. The standard InChI is InChI=1S/C23H25F3N2OS/c1-2-12-30-22(29)27-18-13-16-4-3-10-28-11-9-19(20(14-18)21(16)28)15-5-7-17(8-6-15)23(24,25)26/h5-8,13-14,19H,2-4,9-12H2,1H3,(H,27,29). The molecule has 1 atom stereocenters.